The van der Waals surface area contributed by atoms with Crippen molar-refractivity contribution >= 4 is 14.1 Å². The summed E-state index contributed by atoms with van der Waals surface area (Å²) in [5.74, 6) is 0.996. The Morgan fingerprint density at radius 3 is 2.35 bits per heavy atom. The fourth-order valence-electron chi connectivity index (χ4n) is 1.47. The van der Waals surface area contributed by atoms with E-state index in [0.29, 0.717) is 0 Å². The largest absolute Gasteiger partial charge is 0.495 e. The van der Waals surface area contributed by atoms with Crippen molar-refractivity contribution in [2.75, 3.05) is 6.61 Å². The summed E-state index contributed by atoms with van der Waals surface area (Å²) < 4.78 is 5.65. The Labute approximate surface area is 106 Å². The molecule has 0 atom stereocenters. The average molecular weight is 246 g/mol. The van der Waals surface area contributed by atoms with Crippen molar-refractivity contribution in [2.45, 2.75) is 26.6 Å². The second-order valence-electron chi connectivity index (χ2n) is 5.09. The van der Waals surface area contributed by atoms with Crippen LogP contribution in [0.5, 0.6) is 0 Å². The van der Waals surface area contributed by atoms with Gasteiger partial charge in [-0.3, -0.25) is 0 Å². The Morgan fingerprint density at radius 1 is 1.18 bits per heavy atom. The molecule has 0 unspecified atom stereocenters. The molecule has 0 aliphatic heterocycles. The number of hydrogen-bond acceptors (Lipinski definition) is 1. The topological polar surface area (TPSA) is 9.23 Å². The van der Waals surface area contributed by atoms with Gasteiger partial charge in [0.1, 0.15) is 5.76 Å². The molecule has 0 aliphatic rings. The molecule has 0 aromatic heterocycles. The van der Waals surface area contributed by atoms with E-state index in [9.17, 15) is 0 Å². The van der Waals surface area contributed by atoms with E-state index in [1.54, 1.807) is 0 Å². The van der Waals surface area contributed by atoms with Gasteiger partial charge in [0.05, 0.1) is 14.7 Å². The average Bonchev–Trinajstić information content (AvgIpc) is 2.26. The highest BCUT2D eigenvalue weighted by molar-refractivity contribution is 6.81. The van der Waals surface area contributed by atoms with Crippen molar-refractivity contribution in [1.29, 1.82) is 0 Å². The van der Waals surface area contributed by atoms with Gasteiger partial charge in [-0.2, -0.15) is 0 Å². The van der Waals surface area contributed by atoms with Crippen molar-refractivity contribution in [3.05, 3.63) is 53.4 Å². The fourth-order valence-corrected chi connectivity index (χ4v) is 2.51. The van der Waals surface area contributed by atoms with Crippen molar-refractivity contribution in [2.24, 2.45) is 0 Å². The van der Waals surface area contributed by atoms with Crippen LogP contribution < -0.4 is 0 Å². The Bertz CT molecular complexity index is 385. The predicted molar refractivity (Wildman–Crippen MR) is 78.5 cm³/mol. The molecule has 92 valence electrons. The van der Waals surface area contributed by atoms with Gasteiger partial charge >= 0.3 is 0 Å². The van der Waals surface area contributed by atoms with E-state index in [1.807, 2.05) is 25.1 Å². The second-order valence-corrected chi connectivity index (χ2v) is 10.1. The molecule has 1 nitrogen and oxygen atoms in total. The van der Waals surface area contributed by atoms with Crippen LogP contribution in [-0.4, -0.2) is 14.7 Å². The lowest BCUT2D eigenvalue weighted by Gasteiger charge is -2.12. The molecular formula is C15H22OSi. The van der Waals surface area contributed by atoms with Crippen LogP contribution in [0.25, 0.3) is 6.08 Å². The van der Waals surface area contributed by atoms with E-state index < -0.39 is 8.07 Å². The number of benzene rings is 1. The van der Waals surface area contributed by atoms with E-state index in [2.05, 4.69) is 49.6 Å². The molecular weight excluding hydrogens is 224 g/mol. The SMILES string of the molecule is CCOC(/C=C/c1ccccc1)=C/[Si](C)(C)C. The predicted octanol–water partition coefficient (Wildman–Crippen LogP) is 4.50. The highest BCUT2D eigenvalue weighted by Crippen LogP contribution is 2.11. The lowest BCUT2D eigenvalue weighted by molar-refractivity contribution is 0.243. The van der Waals surface area contributed by atoms with Crippen molar-refractivity contribution in [3.63, 3.8) is 0 Å². The van der Waals surface area contributed by atoms with E-state index in [-0.39, 0.29) is 0 Å². The summed E-state index contributed by atoms with van der Waals surface area (Å²) in [6.07, 6.45) is 4.17. The quantitative estimate of drug-likeness (QED) is 0.422. The molecule has 1 rings (SSSR count). The highest BCUT2D eigenvalue weighted by Gasteiger charge is 2.10. The summed E-state index contributed by atoms with van der Waals surface area (Å²) in [6.45, 7) is 9.66. The van der Waals surface area contributed by atoms with Gasteiger partial charge in [0.2, 0.25) is 0 Å². The zero-order valence-corrected chi connectivity index (χ0v) is 12.2. The zero-order valence-electron chi connectivity index (χ0n) is 11.2. The normalized spacial score (nSPS) is 13.1. The molecule has 0 radical (unpaired) electrons. The van der Waals surface area contributed by atoms with E-state index >= 15 is 0 Å². The summed E-state index contributed by atoms with van der Waals surface area (Å²) in [6, 6.07) is 10.3. The van der Waals surface area contributed by atoms with Crippen LogP contribution in [0.3, 0.4) is 0 Å². The van der Waals surface area contributed by atoms with Crippen LogP contribution in [0.4, 0.5) is 0 Å². The maximum atomic E-state index is 5.65. The smallest absolute Gasteiger partial charge is 0.111 e. The van der Waals surface area contributed by atoms with Gasteiger partial charge in [-0.1, -0.05) is 61.7 Å². The molecule has 0 aliphatic carbocycles. The minimum atomic E-state index is -1.23. The maximum absolute atomic E-state index is 5.65. The molecule has 1 aromatic rings. The van der Waals surface area contributed by atoms with Gasteiger partial charge in [0.25, 0.3) is 0 Å². The third-order valence-corrected chi connectivity index (χ3v) is 3.28. The third kappa shape index (κ3) is 6.12. The second kappa shape index (κ2) is 6.45. The molecule has 0 bridgehead atoms. The first kappa shape index (κ1) is 13.8. The van der Waals surface area contributed by atoms with E-state index in [0.717, 1.165) is 12.4 Å². The third-order valence-electron chi connectivity index (χ3n) is 2.13. The summed E-state index contributed by atoms with van der Waals surface area (Å²) in [4.78, 5) is 0. The fraction of sp³-hybridized carbons (Fsp3) is 0.333. The van der Waals surface area contributed by atoms with Gasteiger partial charge in [0, 0.05) is 0 Å². The Kier molecular flexibility index (Phi) is 5.23. The van der Waals surface area contributed by atoms with Gasteiger partial charge < -0.3 is 4.74 Å². The summed E-state index contributed by atoms with van der Waals surface area (Å²) in [5.41, 5.74) is 3.49. The Balaban J connectivity index is 2.81. The van der Waals surface area contributed by atoms with Crippen molar-refractivity contribution in [3.8, 4) is 0 Å². The van der Waals surface area contributed by atoms with Crippen molar-refractivity contribution < 1.29 is 4.74 Å². The van der Waals surface area contributed by atoms with Gasteiger partial charge in [-0.25, -0.2) is 0 Å². The molecule has 0 saturated heterocycles. The minimum absolute atomic E-state index is 0.718. The van der Waals surface area contributed by atoms with Crippen LogP contribution in [0.1, 0.15) is 12.5 Å². The molecule has 0 heterocycles. The van der Waals surface area contributed by atoms with Crippen LogP contribution in [-0.2, 0) is 4.74 Å². The number of hydrogen-bond donors (Lipinski definition) is 0. The first-order valence-corrected chi connectivity index (χ1v) is 9.68. The van der Waals surface area contributed by atoms with Crippen LogP contribution >= 0.6 is 0 Å². The molecule has 0 saturated carbocycles. The van der Waals surface area contributed by atoms with Crippen LogP contribution in [0.15, 0.2) is 47.9 Å². The highest BCUT2D eigenvalue weighted by atomic mass is 28.3. The number of rotatable bonds is 5. The zero-order chi connectivity index (χ0) is 12.7. The number of ether oxygens (including phenoxy) is 1. The summed E-state index contributed by atoms with van der Waals surface area (Å²) in [5, 5.41) is 0. The lowest BCUT2D eigenvalue weighted by atomic mass is 10.2. The molecule has 2 heteroatoms. The van der Waals surface area contributed by atoms with Crippen LogP contribution in [0, 0.1) is 0 Å². The molecule has 1 aromatic carbocycles. The molecule has 0 N–H and O–H groups in total. The Morgan fingerprint density at radius 2 is 1.82 bits per heavy atom. The van der Waals surface area contributed by atoms with E-state index in [4.69, 9.17) is 4.74 Å². The molecule has 0 fully saturated rings. The van der Waals surface area contributed by atoms with E-state index in [1.165, 1.54) is 5.56 Å². The monoisotopic (exact) mass is 246 g/mol. The van der Waals surface area contributed by atoms with Crippen molar-refractivity contribution in [1.82, 2.24) is 0 Å². The first-order valence-electron chi connectivity index (χ1n) is 6.10. The van der Waals surface area contributed by atoms with Gasteiger partial charge in [0.15, 0.2) is 0 Å². The first-order chi connectivity index (χ1) is 8.01. The summed E-state index contributed by atoms with van der Waals surface area (Å²) >= 11 is 0. The molecule has 0 spiro atoms. The Hall–Kier alpha value is -1.28. The standard InChI is InChI=1S/C15H22OSi/c1-5-16-15(13-17(2,3)4)12-11-14-9-7-6-8-10-14/h6-13H,5H2,1-4H3/b12-11+,15-13+. The van der Waals surface area contributed by atoms with Gasteiger partial charge in [-0.05, 0) is 18.6 Å². The molecule has 0 amide bonds. The summed E-state index contributed by atoms with van der Waals surface area (Å²) in [7, 11) is -1.23. The molecule has 17 heavy (non-hydrogen) atoms. The number of allylic oxidation sites excluding steroid dienone is 1. The van der Waals surface area contributed by atoms with Gasteiger partial charge in [-0.15, -0.1) is 0 Å². The lowest BCUT2D eigenvalue weighted by Crippen LogP contribution is -2.17. The maximum Gasteiger partial charge on any atom is 0.111 e. The minimum Gasteiger partial charge on any atom is -0.495 e. The van der Waals surface area contributed by atoms with Crippen LogP contribution in [0.2, 0.25) is 19.6 Å².